The van der Waals surface area contributed by atoms with E-state index in [-0.39, 0.29) is 5.75 Å². The number of methoxy groups -OCH3 is 1. The molecule has 1 aromatic heterocycles. The van der Waals surface area contributed by atoms with E-state index in [1.807, 2.05) is 0 Å². The minimum absolute atomic E-state index is 0.145. The molecule has 1 N–H and O–H groups in total. The molecule has 18 heavy (non-hydrogen) atoms. The fourth-order valence-corrected chi connectivity index (χ4v) is 2.05. The molecule has 0 saturated heterocycles. The fourth-order valence-electron chi connectivity index (χ4n) is 1.27. The Labute approximate surface area is 105 Å². The molecule has 0 aliphatic heterocycles. The van der Waals surface area contributed by atoms with Gasteiger partial charge in [-0.05, 0) is 18.2 Å². The minimum atomic E-state index is -4.41. The minimum Gasteiger partial charge on any atom is -0.497 e. The molecule has 0 atom stereocenters. The van der Waals surface area contributed by atoms with Crippen LogP contribution in [-0.4, -0.2) is 22.3 Å². The summed E-state index contributed by atoms with van der Waals surface area (Å²) in [6.45, 7) is 0. The molecule has 4 nitrogen and oxygen atoms in total. The molecule has 0 saturated carbocycles. The van der Waals surface area contributed by atoms with Crippen LogP contribution in [0.2, 0.25) is 0 Å². The molecule has 2 aromatic rings. The van der Waals surface area contributed by atoms with Crippen LogP contribution in [0.3, 0.4) is 0 Å². The van der Waals surface area contributed by atoms with Crippen molar-refractivity contribution < 1.29 is 17.9 Å². The Bertz CT molecular complexity index is 528. The van der Waals surface area contributed by atoms with Crippen LogP contribution in [0, 0.1) is 0 Å². The van der Waals surface area contributed by atoms with Gasteiger partial charge in [-0.3, -0.25) is 5.10 Å². The Balaban J connectivity index is 2.35. The normalized spacial score (nSPS) is 11.6. The van der Waals surface area contributed by atoms with Crippen LogP contribution in [-0.2, 0) is 6.18 Å². The third kappa shape index (κ3) is 2.95. The first-order valence-corrected chi connectivity index (χ1v) is 5.60. The van der Waals surface area contributed by atoms with Crippen molar-refractivity contribution >= 4 is 11.8 Å². The van der Waals surface area contributed by atoms with Gasteiger partial charge in [0.15, 0.2) is 5.16 Å². The first-order valence-electron chi connectivity index (χ1n) is 4.78. The number of hydrogen-bond donors (Lipinski definition) is 1. The second-order valence-corrected chi connectivity index (χ2v) is 4.35. The van der Waals surface area contributed by atoms with Crippen LogP contribution in [0.25, 0.3) is 0 Å². The van der Waals surface area contributed by atoms with E-state index in [2.05, 4.69) is 15.2 Å². The SMILES string of the molecule is COc1cc(Sc2ncn[nH]2)cc(C(F)(F)F)c1. The van der Waals surface area contributed by atoms with E-state index in [0.29, 0.717) is 10.1 Å². The van der Waals surface area contributed by atoms with Crippen LogP contribution in [0.15, 0.2) is 34.6 Å². The summed E-state index contributed by atoms with van der Waals surface area (Å²) in [7, 11) is 1.32. The summed E-state index contributed by atoms with van der Waals surface area (Å²) in [6, 6.07) is 3.49. The first kappa shape index (κ1) is 12.7. The Kier molecular flexibility index (Phi) is 3.46. The van der Waals surface area contributed by atoms with Gasteiger partial charge in [-0.15, -0.1) is 0 Å². The number of benzene rings is 1. The molecule has 0 unspecified atom stereocenters. The number of alkyl halides is 3. The lowest BCUT2D eigenvalue weighted by Crippen LogP contribution is -2.05. The number of H-pyrrole nitrogens is 1. The zero-order valence-corrected chi connectivity index (χ0v) is 9.97. The molecule has 0 spiro atoms. The standard InChI is InChI=1S/C10H8F3N3OS/c1-17-7-2-6(10(11,12)13)3-8(4-7)18-9-14-5-15-16-9/h2-5H,1H3,(H,14,15,16). The van der Waals surface area contributed by atoms with Crippen molar-refractivity contribution in [3.05, 3.63) is 30.1 Å². The van der Waals surface area contributed by atoms with Crippen molar-refractivity contribution in [2.24, 2.45) is 0 Å². The lowest BCUT2D eigenvalue weighted by molar-refractivity contribution is -0.137. The molecule has 96 valence electrons. The lowest BCUT2D eigenvalue weighted by atomic mass is 10.2. The molecule has 0 bridgehead atoms. The lowest BCUT2D eigenvalue weighted by Gasteiger charge is -2.10. The summed E-state index contributed by atoms with van der Waals surface area (Å²) in [5.41, 5.74) is -0.760. The monoisotopic (exact) mass is 275 g/mol. The highest BCUT2D eigenvalue weighted by atomic mass is 32.2. The number of nitrogens with one attached hydrogen (secondary N) is 1. The Morgan fingerprint density at radius 3 is 2.61 bits per heavy atom. The topological polar surface area (TPSA) is 50.8 Å². The van der Waals surface area contributed by atoms with Gasteiger partial charge in [0.05, 0.1) is 12.7 Å². The van der Waals surface area contributed by atoms with Gasteiger partial charge in [0.1, 0.15) is 12.1 Å². The third-order valence-corrected chi connectivity index (χ3v) is 2.91. The van der Waals surface area contributed by atoms with Crippen molar-refractivity contribution in [1.29, 1.82) is 0 Å². The smallest absolute Gasteiger partial charge is 0.416 e. The largest absolute Gasteiger partial charge is 0.497 e. The summed E-state index contributed by atoms with van der Waals surface area (Å²) >= 11 is 1.04. The number of rotatable bonds is 3. The van der Waals surface area contributed by atoms with Crippen molar-refractivity contribution in [3.63, 3.8) is 0 Å². The molecule has 8 heteroatoms. The summed E-state index contributed by atoms with van der Waals surface area (Å²) < 4.78 is 42.8. The van der Waals surface area contributed by atoms with Crippen molar-refractivity contribution in [2.75, 3.05) is 7.11 Å². The van der Waals surface area contributed by atoms with E-state index in [0.717, 1.165) is 23.9 Å². The molecule has 2 rings (SSSR count). The van der Waals surface area contributed by atoms with E-state index >= 15 is 0 Å². The average Bonchev–Trinajstić information content (AvgIpc) is 2.80. The second kappa shape index (κ2) is 4.89. The maximum absolute atomic E-state index is 12.7. The number of ether oxygens (including phenoxy) is 1. The first-order chi connectivity index (χ1) is 8.49. The van der Waals surface area contributed by atoms with Gasteiger partial charge in [0, 0.05) is 4.90 Å². The zero-order chi connectivity index (χ0) is 13.2. The number of nitrogens with zero attached hydrogens (tertiary/aromatic N) is 2. The van der Waals surface area contributed by atoms with Gasteiger partial charge in [0.2, 0.25) is 0 Å². The van der Waals surface area contributed by atoms with Gasteiger partial charge < -0.3 is 4.74 Å². The van der Waals surface area contributed by atoms with Gasteiger partial charge in [-0.1, -0.05) is 11.8 Å². The number of aromatic nitrogens is 3. The van der Waals surface area contributed by atoms with Crippen LogP contribution >= 0.6 is 11.8 Å². The molecule has 0 aliphatic carbocycles. The van der Waals surface area contributed by atoms with E-state index in [1.165, 1.54) is 19.5 Å². The summed E-state index contributed by atoms with van der Waals surface area (Å²) in [5, 5.41) is 6.60. The number of aromatic amines is 1. The molecule has 0 radical (unpaired) electrons. The summed E-state index contributed by atoms with van der Waals surface area (Å²) in [5.74, 6) is 0.145. The predicted molar refractivity (Wildman–Crippen MR) is 58.5 cm³/mol. The third-order valence-electron chi connectivity index (χ3n) is 2.05. The van der Waals surface area contributed by atoms with Crippen LogP contribution in [0.5, 0.6) is 5.75 Å². The fraction of sp³-hybridized carbons (Fsp3) is 0.200. The maximum Gasteiger partial charge on any atom is 0.416 e. The van der Waals surface area contributed by atoms with Crippen LogP contribution in [0.4, 0.5) is 13.2 Å². The quantitative estimate of drug-likeness (QED) is 0.935. The zero-order valence-electron chi connectivity index (χ0n) is 9.15. The van der Waals surface area contributed by atoms with Crippen LogP contribution in [0.1, 0.15) is 5.56 Å². The van der Waals surface area contributed by atoms with Crippen molar-refractivity contribution in [2.45, 2.75) is 16.2 Å². The van der Waals surface area contributed by atoms with Crippen LogP contribution < -0.4 is 4.74 Å². The highest BCUT2D eigenvalue weighted by Gasteiger charge is 2.31. The molecule has 0 amide bonds. The van der Waals surface area contributed by atoms with E-state index < -0.39 is 11.7 Å². The maximum atomic E-state index is 12.7. The Morgan fingerprint density at radius 2 is 2.06 bits per heavy atom. The summed E-state index contributed by atoms with van der Waals surface area (Å²) in [6.07, 6.45) is -3.13. The average molecular weight is 275 g/mol. The molecular formula is C10H8F3N3OS. The molecular weight excluding hydrogens is 267 g/mol. The molecule has 0 aliphatic rings. The van der Waals surface area contributed by atoms with E-state index in [4.69, 9.17) is 4.74 Å². The van der Waals surface area contributed by atoms with Crippen molar-refractivity contribution in [1.82, 2.24) is 15.2 Å². The Morgan fingerprint density at radius 1 is 1.28 bits per heavy atom. The van der Waals surface area contributed by atoms with E-state index in [1.54, 1.807) is 0 Å². The highest BCUT2D eigenvalue weighted by molar-refractivity contribution is 7.99. The number of hydrogen-bond acceptors (Lipinski definition) is 4. The van der Waals surface area contributed by atoms with Gasteiger partial charge in [-0.2, -0.15) is 18.3 Å². The number of halogens is 3. The molecule has 0 fully saturated rings. The van der Waals surface area contributed by atoms with E-state index in [9.17, 15) is 13.2 Å². The van der Waals surface area contributed by atoms with Gasteiger partial charge in [0.25, 0.3) is 0 Å². The van der Waals surface area contributed by atoms with Crippen molar-refractivity contribution in [3.8, 4) is 5.75 Å². The summed E-state index contributed by atoms with van der Waals surface area (Å²) in [4.78, 5) is 4.21. The highest BCUT2D eigenvalue weighted by Crippen LogP contribution is 2.36. The second-order valence-electron chi connectivity index (χ2n) is 3.29. The Hall–Kier alpha value is -1.70. The predicted octanol–water partition coefficient (Wildman–Crippen LogP) is 2.98. The molecule has 1 aromatic carbocycles. The van der Waals surface area contributed by atoms with Gasteiger partial charge in [-0.25, -0.2) is 4.98 Å². The van der Waals surface area contributed by atoms with Gasteiger partial charge >= 0.3 is 6.18 Å². The molecule has 1 heterocycles.